The van der Waals surface area contributed by atoms with E-state index in [2.05, 4.69) is 0 Å². The van der Waals surface area contributed by atoms with Gasteiger partial charge < -0.3 is 18.5 Å². The van der Waals surface area contributed by atoms with Gasteiger partial charge in [0.1, 0.15) is 0 Å². The third-order valence-electron chi connectivity index (χ3n) is 3.67. The molecule has 2 aromatic rings. The number of methoxy groups -OCH3 is 2. The second-order valence-electron chi connectivity index (χ2n) is 5.36. The molecule has 0 saturated carbocycles. The summed E-state index contributed by atoms with van der Waals surface area (Å²) in [6.07, 6.45) is -0.957. The Morgan fingerprint density at radius 3 is 2.15 bits per heavy atom. The fourth-order valence-electron chi connectivity index (χ4n) is 2.51. The quantitative estimate of drug-likeness (QED) is 0.399. The molecular formula is C20H25O6P. The van der Waals surface area contributed by atoms with Crippen LogP contribution in [0.15, 0.2) is 48.5 Å². The Morgan fingerprint density at radius 2 is 1.59 bits per heavy atom. The van der Waals surface area contributed by atoms with Gasteiger partial charge in [0.25, 0.3) is 0 Å². The third kappa shape index (κ3) is 5.50. The standard InChI is InChI=1S/C20H25O6P/c1-5-24-27(25-6-2)26-20(18(21)15-11-8-7-9-12-15)16-13-10-14-17(22-3)19(16)23-4/h7-14,20H,5-6H2,1-4H3. The lowest BCUT2D eigenvalue weighted by atomic mass is 9.99. The van der Waals surface area contributed by atoms with E-state index in [9.17, 15) is 4.79 Å². The Morgan fingerprint density at radius 1 is 0.926 bits per heavy atom. The highest BCUT2D eigenvalue weighted by Gasteiger charge is 2.31. The smallest absolute Gasteiger partial charge is 0.333 e. The molecule has 0 N–H and O–H groups in total. The predicted octanol–water partition coefficient (Wildman–Crippen LogP) is 4.94. The van der Waals surface area contributed by atoms with Gasteiger partial charge in [-0.3, -0.25) is 9.32 Å². The van der Waals surface area contributed by atoms with Crippen molar-refractivity contribution in [1.82, 2.24) is 0 Å². The van der Waals surface area contributed by atoms with Crippen molar-refractivity contribution in [2.75, 3.05) is 27.4 Å². The van der Waals surface area contributed by atoms with Gasteiger partial charge in [-0.25, -0.2) is 0 Å². The second-order valence-corrected chi connectivity index (χ2v) is 6.53. The van der Waals surface area contributed by atoms with E-state index in [4.69, 9.17) is 23.0 Å². The number of rotatable bonds is 11. The average molecular weight is 392 g/mol. The van der Waals surface area contributed by atoms with Crippen LogP contribution < -0.4 is 9.47 Å². The molecule has 0 aliphatic carbocycles. The molecule has 7 heteroatoms. The van der Waals surface area contributed by atoms with Crippen molar-refractivity contribution in [3.8, 4) is 11.5 Å². The summed E-state index contributed by atoms with van der Waals surface area (Å²) in [5.41, 5.74) is 1.08. The molecule has 0 aromatic heterocycles. The Kier molecular flexibility index (Phi) is 8.69. The molecule has 1 unspecified atom stereocenters. The van der Waals surface area contributed by atoms with E-state index in [-0.39, 0.29) is 5.78 Å². The molecule has 0 saturated heterocycles. The number of hydrogen-bond donors (Lipinski definition) is 0. The van der Waals surface area contributed by atoms with Gasteiger partial charge in [0.05, 0.1) is 27.4 Å². The van der Waals surface area contributed by atoms with Crippen molar-refractivity contribution in [2.45, 2.75) is 20.0 Å². The van der Waals surface area contributed by atoms with Crippen molar-refractivity contribution in [2.24, 2.45) is 0 Å². The Labute approximate surface area is 161 Å². The topological polar surface area (TPSA) is 63.2 Å². The van der Waals surface area contributed by atoms with Gasteiger partial charge in [-0.2, -0.15) is 0 Å². The zero-order chi connectivity index (χ0) is 19.6. The minimum atomic E-state index is -1.70. The van der Waals surface area contributed by atoms with E-state index in [1.807, 2.05) is 19.9 Å². The normalized spacial score (nSPS) is 12.0. The van der Waals surface area contributed by atoms with Crippen LogP contribution >= 0.6 is 8.60 Å². The van der Waals surface area contributed by atoms with Crippen LogP contribution in [0.2, 0.25) is 0 Å². The van der Waals surface area contributed by atoms with Crippen molar-refractivity contribution in [3.05, 3.63) is 59.7 Å². The van der Waals surface area contributed by atoms with E-state index in [0.29, 0.717) is 35.8 Å². The fraction of sp³-hybridized carbons (Fsp3) is 0.350. The third-order valence-corrected chi connectivity index (χ3v) is 4.99. The molecular weight excluding hydrogens is 367 g/mol. The summed E-state index contributed by atoms with van der Waals surface area (Å²) >= 11 is 0. The number of carbonyl (C=O) groups excluding carboxylic acids is 1. The van der Waals surface area contributed by atoms with Crippen molar-refractivity contribution in [3.63, 3.8) is 0 Å². The zero-order valence-corrected chi connectivity index (χ0v) is 16.9. The zero-order valence-electron chi connectivity index (χ0n) is 16.0. The largest absolute Gasteiger partial charge is 0.493 e. The Hall–Kier alpha value is -1.98. The maximum absolute atomic E-state index is 13.2. The van der Waals surface area contributed by atoms with E-state index >= 15 is 0 Å². The van der Waals surface area contributed by atoms with Crippen LogP contribution in [0.1, 0.15) is 35.9 Å². The molecule has 0 heterocycles. The molecule has 27 heavy (non-hydrogen) atoms. The molecule has 0 bridgehead atoms. The summed E-state index contributed by atoms with van der Waals surface area (Å²) in [7, 11) is 1.38. The van der Waals surface area contributed by atoms with Gasteiger partial charge in [0, 0.05) is 11.1 Å². The van der Waals surface area contributed by atoms with E-state index in [1.165, 1.54) is 7.11 Å². The molecule has 6 nitrogen and oxygen atoms in total. The molecule has 0 aliphatic rings. The van der Waals surface area contributed by atoms with Crippen LogP contribution in [0, 0.1) is 0 Å². The van der Waals surface area contributed by atoms with Crippen LogP contribution in [0.25, 0.3) is 0 Å². The van der Waals surface area contributed by atoms with Gasteiger partial charge >= 0.3 is 8.60 Å². The first-order valence-corrected chi connectivity index (χ1v) is 9.78. The van der Waals surface area contributed by atoms with Gasteiger partial charge in [-0.15, -0.1) is 0 Å². The maximum atomic E-state index is 13.2. The fourth-order valence-corrected chi connectivity index (χ4v) is 3.51. The molecule has 0 spiro atoms. The summed E-state index contributed by atoms with van der Waals surface area (Å²) in [6.45, 7) is 4.51. The van der Waals surface area contributed by atoms with Crippen LogP contribution in [0.3, 0.4) is 0 Å². The molecule has 1 atom stereocenters. The van der Waals surface area contributed by atoms with Crippen molar-refractivity contribution >= 4 is 14.4 Å². The predicted molar refractivity (Wildman–Crippen MR) is 104 cm³/mol. The SMILES string of the molecule is CCOP(OCC)OC(C(=O)c1ccccc1)c1cccc(OC)c1OC. The van der Waals surface area contributed by atoms with Crippen LogP contribution in [0.5, 0.6) is 11.5 Å². The summed E-state index contributed by atoms with van der Waals surface area (Å²) < 4.78 is 28.0. The number of carbonyl (C=O) groups is 1. The lowest BCUT2D eigenvalue weighted by Gasteiger charge is -2.24. The lowest BCUT2D eigenvalue weighted by molar-refractivity contribution is 0.0704. The number of ketones is 1. The maximum Gasteiger partial charge on any atom is 0.333 e. The monoisotopic (exact) mass is 392 g/mol. The van der Waals surface area contributed by atoms with E-state index in [0.717, 1.165) is 0 Å². The average Bonchev–Trinajstić information content (AvgIpc) is 2.71. The highest BCUT2D eigenvalue weighted by atomic mass is 31.2. The number of benzene rings is 2. The van der Waals surface area contributed by atoms with E-state index in [1.54, 1.807) is 49.6 Å². The van der Waals surface area contributed by atoms with Crippen LogP contribution in [-0.2, 0) is 13.6 Å². The molecule has 2 rings (SSSR count). The van der Waals surface area contributed by atoms with Crippen LogP contribution in [-0.4, -0.2) is 33.2 Å². The number of para-hydroxylation sites is 1. The Balaban J connectivity index is 2.48. The van der Waals surface area contributed by atoms with Gasteiger partial charge in [0.2, 0.25) is 0 Å². The Bertz CT molecular complexity index is 716. The number of ether oxygens (including phenoxy) is 2. The minimum Gasteiger partial charge on any atom is -0.493 e. The van der Waals surface area contributed by atoms with E-state index < -0.39 is 14.7 Å². The van der Waals surface area contributed by atoms with Crippen LogP contribution in [0.4, 0.5) is 0 Å². The lowest BCUT2D eigenvalue weighted by Crippen LogP contribution is -2.17. The molecule has 0 radical (unpaired) electrons. The molecule has 146 valence electrons. The molecule has 2 aromatic carbocycles. The minimum absolute atomic E-state index is 0.214. The van der Waals surface area contributed by atoms with Gasteiger partial charge in [0.15, 0.2) is 23.4 Å². The summed E-state index contributed by atoms with van der Waals surface area (Å²) in [6, 6.07) is 14.3. The molecule has 0 fully saturated rings. The first kappa shape index (κ1) is 21.3. The first-order chi connectivity index (χ1) is 13.2. The highest BCUT2D eigenvalue weighted by molar-refractivity contribution is 7.41. The van der Waals surface area contributed by atoms with Crippen molar-refractivity contribution < 1.29 is 27.8 Å². The van der Waals surface area contributed by atoms with Gasteiger partial charge in [-0.1, -0.05) is 42.5 Å². The summed E-state index contributed by atoms with van der Waals surface area (Å²) in [5, 5.41) is 0. The van der Waals surface area contributed by atoms with Crippen molar-refractivity contribution in [1.29, 1.82) is 0 Å². The number of hydrogen-bond acceptors (Lipinski definition) is 6. The summed E-state index contributed by atoms with van der Waals surface area (Å²) in [4.78, 5) is 13.2. The molecule has 0 amide bonds. The molecule has 0 aliphatic heterocycles. The second kappa shape index (κ2) is 11.0. The van der Waals surface area contributed by atoms with Gasteiger partial charge in [-0.05, 0) is 19.9 Å². The first-order valence-electron chi connectivity index (χ1n) is 8.69. The number of Topliss-reactive ketones (excluding diaryl/α,β-unsaturated/α-hetero) is 1. The highest BCUT2D eigenvalue weighted by Crippen LogP contribution is 2.48. The summed E-state index contributed by atoms with van der Waals surface area (Å²) in [5.74, 6) is 0.743.